The average Bonchev–Trinajstić information content (AvgIpc) is 2.79. The van der Waals surface area contributed by atoms with Crippen LogP contribution in [0.4, 0.5) is 5.69 Å². The summed E-state index contributed by atoms with van der Waals surface area (Å²) in [7, 11) is -3.86. The second kappa shape index (κ2) is 12.0. The fraction of sp³-hybridized carbons (Fsp3) is 0.423. The van der Waals surface area contributed by atoms with Crippen molar-refractivity contribution in [1.29, 1.82) is 0 Å². The van der Waals surface area contributed by atoms with Gasteiger partial charge in [0.2, 0.25) is 21.8 Å². The normalized spacial score (nSPS) is 13.0. The van der Waals surface area contributed by atoms with Crippen molar-refractivity contribution in [1.82, 2.24) is 10.2 Å². The van der Waals surface area contributed by atoms with Crippen molar-refractivity contribution >= 4 is 33.3 Å². The molecule has 0 aliphatic carbocycles. The zero-order chi connectivity index (χ0) is 26.3. The Bertz CT molecular complexity index is 1180. The number of ketones is 1. The predicted octanol–water partition coefficient (Wildman–Crippen LogP) is 3.30. The second-order valence-electron chi connectivity index (χ2n) is 8.88. The van der Waals surface area contributed by atoms with Gasteiger partial charge in [-0.25, -0.2) is 8.42 Å². The number of rotatable bonds is 11. The molecule has 0 aromatic heterocycles. The summed E-state index contributed by atoms with van der Waals surface area (Å²) in [5.41, 5.74) is 2.37. The third-order valence-electron chi connectivity index (χ3n) is 5.82. The molecule has 0 radical (unpaired) electrons. The highest BCUT2D eigenvalue weighted by Gasteiger charge is 2.30. The van der Waals surface area contributed by atoms with Crippen molar-refractivity contribution in [3.63, 3.8) is 0 Å². The molecule has 0 bridgehead atoms. The van der Waals surface area contributed by atoms with Crippen LogP contribution in [0.3, 0.4) is 0 Å². The third-order valence-corrected chi connectivity index (χ3v) is 6.96. The largest absolute Gasteiger partial charge is 0.352 e. The molecule has 2 rings (SSSR count). The maximum absolute atomic E-state index is 13.6. The van der Waals surface area contributed by atoms with Gasteiger partial charge in [-0.2, -0.15) is 0 Å². The molecule has 8 nitrogen and oxygen atoms in total. The van der Waals surface area contributed by atoms with E-state index in [1.807, 2.05) is 45.0 Å². The summed E-state index contributed by atoms with van der Waals surface area (Å²) in [4.78, 5) is 39.7. The predicted molar refractivity (Wildman–Crippen MR) is 138 cm³/mol. The fourth-order valence-corrected chi connectivity index (χ4v) is 4.39. The summed E-state index contributed by atoms with van der Waals surface area (Å²) < 4.78 is 26.3. The number of Topliss-reactive ketones (excluding diaryl/α,β-unsaturated/α-hetero) is 1. The number of aryl methyl sites for hydroxylation is 1. The lowest BCUT2D eigenvalue weighted by Gasteiger charge is -2.32. The van der Waals surface area contributed by atoms with Crippen molar-refractivity contribution in [2.75, 3.05) is 17.1 Å². The summed E-state index contributed by atoms with van der Waals surface area (Å²) in [5.74, 6) is -1.06. The van der Waals surface area contributed by atoms with Gasteiger partial charge in [0, 0.05) is 18.2 Å². The van der Waals surface area contributed by atoms with Crippen molar-refractivity contribution in [3.05, 3.63) is 65.2 Å². The Kier molecular flexibility index (Phi) is 9.59. The Morgan fingerprint density at radius 1 is 1.03 bits per heavy atom. The summed E-state index contributed by atoms with van der Waals surface area (Å²) in [6.07, 6.45) is 1.74. The number of carbonyl (C=O) groups excluding carboxylic acids is 3. The van der Waals surface area contributed by atoms with Gasteiger partial charge in [-0.1, -0.05) is 48.9 Å². The molecule has 0 saturated heterocycles. The minimum atomic E-state index is -3.86. The number of carbonyl (C=O) groups is 3. The van der Waals surface area contributed by atoms with Crippen LogP contribution in [0, 0.1) is 6.92 Å². The average molecular weight is 502 g/mol. The quantitative estimate of drug-likeness (QED) is 0.476. The molecule has 9 heteroatoms. The monoisotopic (exact) mass is 501 g/mol. The first-order chi connectivity index (χ1) is 16.3. The molecular formula is C26H35N3O5S. The Morgan fingerprint density at radius 2 is 1.69 bits per heavy atom. The van der Waals surface area contributed by atoms with E-state index in [1.165, 1.54) is 24.0 Å². The van der Waals surface area contributed by atoms with Crippen molar-refractivity contribution in [3.8, 4) is 0 Å². The number of nitrogens with zero attached hydrogens (tertiary/aromatic N) is 2. The zero-order valence-electron chi connectivity index (χ0n) is 21.2. The highest BCUT2D eigenvalue weighted by molar-refractivity contribution is 7.92. The molecule has 0 spiro atoms. The lowest BCUT2D eigenvalue weighted by atomic mass is 10.1. The molecule has 0 fully saturated rings. The number of amides is 2. The van der Waals surface area contributed by atoms with Gasteiger partial charge in [-0.05, 0) is 51.8 Å². The van der Waals surface area contributed by atoms with Gasteiger partial charge in [0.15, 0.2) is 5.78 Å². The summed E-state index contributed by atoms with van der Waals surface area (Å²) in [5, 5.41) is 2.89. The Hall–Kier alpha value is -3.20. The van der Waals surface area contributed by atoms with E-state index in [1.54, 1.807) is 19.1 Å². The van der Waals surface area contributed by atoms with Crippen LogP contribution < -0.4 is 9.62 Å². The SMILES string of the molecule is CC[C@@H](C)NC(=O)[C@H](C)N(Cc1cccc(C)c1)C(=O)CN(c1cccc(C(C)=O)c1)S(C)(=O)=O. The highest BCUT2D eigenvalue weighted by atomic mass is 32.2. The first kappa shape index (κ1) is 28.0. The first-order valence-electron chi connectivity index (χ1n) is 11.6. The molecule has 0 unspecified atom stereocenters. The van der Waals surface area contributed by atoms with Crippen LogP contribution in [0.2, 0.25) is 0 Å². The smallest absolute Gasteiger partial charge is 0.244 e. The molecule has 2 aromatic carbocycles. The molecule has 35 heavy (non-hydrogen) atoms. The Morgan fingerprint density at radius 3 is 2.26 bits per heavy atom. The second-order valence-corrected chi connectivity index (χ2v) is 10.8. The molecule has 0 heterocycles. The fourth-order valence-electron chi connectivity index (χ4n) is 3.55. The molecule has 0 aliphatic rings. The van der Waals surface area contributed by atoms with Crippen molar-refractivity contribution in [2.24, 2.45) is 0 Å². The minimum Gasteiger partial charge on any atom is -0.352 e. The van der Waals surface area contributed by atoms with Crippen LogP contribution in [-0.4, -0.2) is 55.8 Å². The maximum atomic E-state index is 13.6. The van der Waals surface area contributed by atoms with Crippen LogP contribution in [0.15, 0.2) is 48.5 Å². The van der Waals surface area contributed by atoms with E-state index in [4.69, 9.17) is 0 Å². The number of sulfonamides is 1. The van der Waals surface area contributed by atoms with E-state index >= 15 is 0 Å². The van der Waals surface area contributed by atoms with Crippen LogP contribution in [0.25, 0.3) is 0 Å². The number of benzene rings is 2. The molecule has 2 atom stereocenters. The van der Waals surface area contributed by atoms with Crippen LogP contribution >= 0.6 is 0 Å². The van der Waals surface area contributed by atoms with Gasteiger partial charge in [0.05, 0.1) is 11.9 Å². The van der Waals surface area contributed by atoms with Crippen LogP contribution in [-0.2, 0) is 26.2 Å². The zero-order valence-corrected chi connectivity index (χ0v) is 22.1. The Labute approximate surface area is 208 Å². The first-order valence-corrected chi connectivity index (χ1v) is 13.4. The van der Waals surface area contributed by atoms with E-state index in [-0.39, 0.29) is 30.0 Å². The molecule has 2 aromatic rings. The third kappa shape index (κ3) is 7.92. The maximum Gasteiger partial charge on any atom is 0.244 e. The lowest BCUT2D eigenvalue weighted by Crippen LogP contribution is -2.52. The number of anilines is 1. The summed E-state index contributed by atoms with van der Waals surface area (Å²) in [6.45, 7) is 8.41. The van der Waals surface area contributed by atoms with Gasteiger partial charge in [0.1, 0.15) is 12.6 Å². The van der Waals surface area contributed by atoms with E-state index in [2.05, 4.69) is 5.32 Å². The van der Waals surface area contributed by atoms with E-state index in [0.717, 1.165) is 28.1 Å². The van der Waals surface area contributed by atoms with E-state index in [9.17, 15) is 22.8 Å². The van der Waals surface area contributed by atoms with Gasteiger partial charge in [-0.3, -0.25) is 18.7 Å². The van der Waals surface area contributed by atoms with Gasteiger partial charge < -0.3 is 10.2 Å². The number of nitrogens with one attached hydrogen (secondary N) is 1. The highest BCUT2D eigenvalue weighted by Crippen LogP contribution is 2.21. The van der Waals surface area contributed by atoms with Gasteiger partial charge >= 0.3 is 0 Å². The Balaban J connectivity index is 2.43. The number of hydrogen-bond acceptors (Lipinski definition) is 5. The molecule has 0 aliphatic heterocycles. The van der Waals surface area contributed by atoms with Gasteiger partial charge in [0.25, 0.3) is 0 Å². The molecule has 190 valence electrons. The summed E-state index contributed by atoms with van der Waals surface area (Å²) in [6, 6.07) is 12.8. The topological polar surface area (TPSA) is 104 Å². The minimum absolute atomic E-state index is 0.0669. The number of hydrogen-bond donors (Lipinski definition) is 1. The molecule has 0 saturated carbocycles. The molecular weight excluding hydrogens is 466 g/mol. The van der Waals surface area contributed by atoms with Gasteiger partial charge in [-0.15, -0.1) is 0 Å². The summed E-state index contributed by atoms with van der Waals surface area (Å²) >= 11 is 0. The van der Waals surface area contributed by atoms with Crippen LogP contribution in [0.1, 0.15) is 55.6 Å². The standard InChI is InChI=1S/C26H35N3O5S/c1-7-19(3)27-26(32)20(4)28(16-22-11-8-10-18(2)14-22)25(31)17-29(35(6,33)34)24-13-9-12-23(15-24)21(5)30/h8-15,19-20H,7,16-17H2,1-6H3,(H,27,32)/t19-,20+/m1/s1. The molecule has 2 amide bonds. The van der Waals surface area contributed by atoms with Crippen LogP contribution in [0.5, 0.6) is 0 Å². The van der Waals surface area contributed by atoms with E-state index in [0.29, 0.717) is 5.56 Å². The molecule has 1 N–H and O–H groups in total. The van der Waals surface area contributed by atoms with Crippen molar-refractivity contribution in [2.45, 2.75) is 59.7 Å². The van der Waals surface area contributed by atoms with E-state index < -0.39 is 28.5 Å². The lowest BCUT2D eigenvalue weighted by molar-refractivity contribution is -0.139. The van der Waals surface area contributed by atoms with Crippen molar-refractivity contribution < 1.29 is 22.8 Å².